The molecule has 0 atom stereocenters. The lowest BCUT2D eigenvalue weighted by molar-refractivity contribution is 0.0519. The highest BCUT2D eigenvalue weighted by Crippen LogP contribution is 2.26. The third-order valence-corrected chi connectivity index (χ3v) is 4.51. The second-order valence-electron chi connectivity index (χ2n) is 6.74. The normalized spacial score (nSPS) is 10.5. The Morgan fingerprint density at radius 1 is 1.13 bits per heavy atom. The smallest absolute Gasteiger partial charge is 0.358 e. The van der Waals surface area contributed by atoms with Crippen molar-refractivity contribution >= 4 is 23.5 Å². The molecule has 3 aromatic rings. The highest BCUT2D eigenvalue weighted by molar-refractivity contribution is 6.30. The number of amides is 1. The van der Waals surface area contributed by atoms with E-state index in [9.17, 15) is 9.59 Å². The Labute approximate surface area is 180 Å². The summed E-state index contributed by atoms with van der Waals surface area (Å²) in [5, 5.41) is 7.84. The summed E-state index contributed by atoms with van der Waals surface area (Å²) in [5.41, 5.74) is 3.83. The van der Waals surface area contributed by atoms with Gasteiger partial charge in [-0.25, -0.2) is 9.48 Å². The van der Waals surface area contributed by atoms with E-state index in [0.717, 1.165) is 11.1 Å². The maximum Gasteiger partial charge on any atom is 0.358 e. The zero-order valence-electron chi connectivity index (χ0n) is 16.8. The van der Waals surface area contributed by atoms with Gasteiger partial charge in [-0.15, -0.1) is 0 Å². The van der Waals surface area contributed by atoms with Gasteiger partial charge in [-0.05, 0) is 56.3 Å². The molecule has 0 saturated carbocycles. The van der Waals surface area contributed by atoms with E-state index >= 15 is 0 Å². The van der Waals surface area contributed by atoms with Crippen LogP contribution in [-0.2, 0) is 4.74 Å². The fourth-order valence-corrected chi connectivity index (χ4v) is 2.92. The zero-order chi connectivity index (χ0) is 21.7. The summed E-state index contributed by atoms with van der Waals surface area (Å²) in [4.78, 5) is 24.5. The molecule has 1 N–H and O–H groups in total. The Kier molecular flexibility index (Phi) is 6.69. The van der Waals surface area contributed by atoms with E-state index in [1.54, 1.807) is 54.1 Å². The number of benzene rings is 2. The van der Waals surface area contributed by atoms with Crippen LogP contribution in [0.2, 0.25) is 5.02 Å². The Balaban J connectivity index is 1.97. The Morgan fingerprint density at radius 3 is 2.40 bits per heavy atom. The summed E-state index contributed by atoms with van der Waals surface area (Å²) < 4.78 is 6.73. The molecule has 30 heavy (non-hydrogen) atoms. The van der Waals surface area contributed by atoms with E-state index in [4.69, 9.17) is 16.3 Å². The van der Waals surface area contributed by atoms with Crippen molar-refractivity contribution in [2.75, 3.05) is 13.2 Å². The molecule has 1 heterocycles. The third kappa shape index (κ3) is 4.96. The minimum absolute atomic E-state index is 0.185. The number of ether oxygens (including phenoxy) is 1. The molecule has 0 aliphatic rings. The summed E-state index contributed by atoms with van der Waals surface area (Å²) in [7, 11) is 0. The van der Waals surface area contributed by atoms with Gasteiger partial charge in [0.15, 0.2) is 5.69 Å². The monoisotopic (exact) mass is 423 g/mol. The molecule has 1 aromatic heterocycles. The fraction of sp³-hybridized carbons (Fsp3) is 0.174. The van der Waals surface area contributed by atoms with Gasteiger partial charge in [0.05, 0.1) is 18.0 Å². The molecule has 3 rings (SSSR count). The maximum atomic E-state index is 12.2. The average molecular weight is 424 g/mol. The van der Waals surface area contributed by atoms with Crippen LogP contribution in [0, 0.1) is 0 Å². The molecule has 2 aromatic carbocycles. The SMILES string of the molecule is C=C(C)CNC(=O)c1ccc(-n2nc(C(=O)OCC)cc2-c2ccc(Cl)cc2)cc1. The van der Waals surface area contributed by atoms with E-state index < -0.39 is 5.97 Å². The van der Waals surface area contributed by atoms with Crippen molar-refractivity contribution in [1.29, 1.82) is 0 Å². The quantitative estimate of drug-likeness (QED) is 0.442. The van der Waals surface area contributed by atoms with E-state index in [1.807, 2.05) is 19.1 Å². The Hall–Kier alpha value is -3.38. The molecule has 7 heteroatoms. The van der Waals surface area contributed by atoms with Crippen LogP contribution in [0.5, 0.6) is 0 Å². The second kappa shape index (κ2) is 9.41. The van der Waals surface area contributed by atoms with E-state index in [2.05, 4.69) is 17.0 Å². The first kappa shape index (κ1) is 21.3. The van der Waals surface area contributed by atoms with Gasteiger partial charge in [0.1, 0.15) is 0 Å². The predicted octanol–water partition coefficient (Wildman–Crippen LogP) is 4.68. The highest BCUT2D eigenvalue weighted by Gasteiger charge is 2.18. The Morgan fingerprint density at radius 2 is 1.80 bits per heavy atom. The highest BCUT2D eigenvalue weighted by atomic mass is 35.5. The van der Waals surface area contributed by atoms with Crippen molar-refractivity contribution in [3.8, 4) is 16.9 Å². The molecule has 6 nitrogen and oxygen atoms in total. The molecular formula is C23H22ClN3O3. The van der Waals surface area contributed by atoms with Gasteiger partial charge in [-0.2, -0.15) is 5.10 Å². The van der Waals surface area contributed by atoms with Crippen molar-refractivity contribution in [1.82, 2.24) is 15.1 Å². The minimum Gasteiger partial charge on any atom is -0.461 e. The minimum atomic E-state index is -0.498. The van der Waals surface area contributed by atoms with Gasteiger partial charge in [-0.3, -0.25) is 4.79 Å². The van der Waals surface area contributed by atoms with Crippen LogP contribution in [0.1, 0.15) is 34.7 Å². The van der Waals surface area contributed by atoms with E-state index in [-0.39, 0.29) is 18.2 Å². The van der Waals surface area contributed by atoms with Crippen molar-refractivity contribution in [3.63, 3.8) is 0 Å². The summed E-state index contributed by atoms with van der Waals surface area (Å²) >= 11 is 6.01. The summed E-state index contributed by atoms with van der Waals surface area (Å²) in [6.07, 6.45) is 0. The van der Waals surface area contributed by atoms with Crippen LogP contribution in [0.25, 0.3) is 16.9 Å². The van der Waals surface area contributed by atoms with Crippen LogP contribution in [-0.4, -0.2) is 34.8 Å². The summed E-state index contributed by atoms with van der Waals surface area (Å²) in [6, 6.07) is 15.9. The van der Waals surface area contributed by atoms with Gasteiger partial charge in [-0.1, -0.05) is 35.9 Å². The lowest BCUT2D eigenvalue weighted by Crippen LogP contribution is -2.24. The number of rotatable bonds is 7. The van der Waals surface area contributed by atoms with Gasteiger partial charge < -0.3 is 10.1 Å². The number of nitrogens with zero attached hydrogens (tertiary/aromatic N) is 2. The first-order chi connectivity index (χ1) is 14.4. The number of halogens is 1. The first-order valence-electron chi connectivity index (χ1n) is 9.45. The molecule has 0 fully saturated rings. The van der Waals surface area contributed by atoms with Crippen molar-refractivity contribution < 1.29 is 14.3 Å². The second-order valence-corrected chi connectivity index (χ2v) is 7.18. The third-order valence-electron chi connectivity index (χ3n) is 4.26. The number of carbonyl (C=O) groups is 2. The molecule has 0 radical (unpaired) electrons. The molecule has 0 aliphatic carbocycles. The molecule has 154 valence electrons. The summed E-state index contributed by atoms with van der Waals surface area (Å²) in [5.74, 6) is -0.683. The molecule has 1 amide bonds. The van der Waals surface area contributed by atoms with Crippen LogP contribution in [0.4, 0.5) is 0 Å². The molecule has 0 aliphatic heterocycles. The van der Waals surface area contributed by atoms with Gasteiger partial charge in [0.2, 0.25) is 0 Å². The number of hydrogen-bond acceptors (Lipinski definition) is 4. The topological polar surface area (TPSA) is 73.2 Å². The fourth-order valence-electron chi connectivity index (χ4n) is 2.80. The maximum absolute atomic E-state index is 12.2. The number of carbonyl (C=O) groups excluding carboxylic acids is 2. The molecular weight excluding hydrogens is 402 g/mol. The molecule has 0 bridgehead atoms. The Bertz CT molecular complexity index is 1070. The van der Waals surface area contributed by atoms with Crippen LogP contribution < -0.4 is 5.32 Å². The summed E-state index contributed by atoms with van der Waals surface area (Å²) in [6.45, 7) is 8.05. The van der Waals surface area contributed by atoms with Gasteiger partial charge in [0.25, 0.3) is 5.91 Å². The van der Waals surface area contributed by atoms with Crippen molar-refractivity contribution in [2.24, 2.45) is 0 Å². The standard InChI is InChI=1S/C23H22ClN3O3/c1-4-30-23(29)20-13-21(16-5-9-18(24)10-6-16)27(26-20)19-11-7-17(8-12-19)22(28)25-14-15(2)3/h5-13H,2,4,14H2,1,3H3,(H,25,28). The average Bonchev–Trinajstić information content (AvgIpc) is 3.18. The van der Waals surface area contributed by atoms with Gasteiger partial charge in [0, 0.05) is 22.7 Å². The van der Waals surface area contributed by atoms with Crippen molar-refractivity contribution in [2.45, 2.75) is 13.8 Å². The zero-order valence-corrected chi connectivity index (χ0v) is 17.6. The number of aromatic nitrogens is 2. The number of esters is 1. The van der Waals surface area contributed by atoms with Crippen LogP contribution in [0.3, 0.4) is 0 Å². The largest absolute Gasteiger partial charge is 0.461 e. The molecule has 0 unspecified atom stereocenters. The van der Waals surface area contributed by atoms with Crippen LogP contribution >= 0.6 is 11.6 Å². The predicted molar refractivity (Wildman–Crippen MR) is 117 cm³/mol. The molecule has 0 saturated heterocycles. The molecule has 0 spiro atoms. The lowest BCUT2D eigenvalue weighted by atomic mass is 10.1. The number of nitrogens with one attached hydrogen (secondary N) is 1. The van der Waals surface area contributed by atoms with Gasteiger partial charge >= 0.3 is 5.97 Å². The van der Waals surface area contributed by atoms with E-state index in [1.165, 1.54) is 0 Å². The van der Waals surface area contributed by atoms with Crippen molar-refractivity contribution in [3.05, 3.63) is 83.0 Å². The lowest BCUT2D eigenvalue weighted by Gasteiger charge is -2.09. The first-order valence-corrected chi connectivity index (χ1v) is 9.83. The van der Waals surface area contributed by atoms with Crippen LogP contribution in [0.15, 0.2) is 66.7 Å². The van der Waals surface area contributed by atoms with E-state index in [0.29, 0.717) is 28.5 Å². The number of hydrogen-bond donors (Lipinski definition) is 1.